The summed E-state index contributed by atoms with van der Waals surface area (Å²) in [5.74, 6) is -0.166. The first kappa shape index (κ1) is 15.7. The molecule has 0 spiro atoms. The molecule has 112 valence electrons. The van der Waals surface area contributed by atoms with Gasteiger partial charge in [0.25, 0.3) is 0 Å². The first-order valence-electron chi connectivity index (χ1n) is 7.12. The van der Waals surface area contributed by atoms with Gasteiger partial charge in [-0.1, -0.05) is 43.2 Å². The van der Waals surface area contributed by atoms with Crippen molar-refractivity contribution in [3.63, 3.8) is 0 Å². The van der Waals surface area contributed by atoms with Gasteiger partial charge in [0.1, 0.15) is 0 Å². The van der Waals surface area contributed by atoms with E-state index in [9.17, 15) is 4.79 Å². The number of nitrogens with two attached hydrogens (primary N) is 1. The number of rotatable bonds is 5. The number of aromatic nitrogens is 1. The standard InChI is InChI=1S/C16H21N3OS/c1-4-5-13(17)15(20)19-16-18-14(11(3)21-16)12-8-6-10(2)7-9-12/h6-9,13H,4-5,17H2,1-3H3,(H,18,19,20). The Labute approximate surface area is 129 Å². The number of aryl methyl sites for hydroxylation is 2. The first-order chi connectivity index (χ1) is 10.0. The van der Waals surface area contributed by atoms with Crippen LogP contribution in [-0.2, 0) is 4.79 Å². The van der Waals surface area contributed by atoms with E-state index in [1.165, 1.54) is 16.9 Å². The lowest BCUT2D eigenvalue weighted by Gasteiger charge is -2.08. The van der Waals surface area contributed by atoms with Crippen molar-refractivity contribution in [3.8, 4) is 11.3 Å². The Morgan fingerprint density at radius 3 is 2.62 bits per heavy atom. The highest BCUT2D eigenvalue weighted by atomic mass is 32.1. The maximum absolute atomic E-state index is 11.9. The lowest BCUT2D eigenvalue weighted by molar-refractivity contribution is -0.117. The Bertz CT molecular complexity index is 619. The quantitative estimate of drug-likeness (QED) is 0.888. The van der Waals surface area contributed by atoms with E-state index < -0.39 is 6.04 Å². The summed E-state index contributed by atoms with van der Waals surface area (Å²) < 4.78 is 0. The lowest BCUT2D eigenvalue weighted by atomic mass is 10.1. The number of carbonyl (C=O) groups excluding carboxylic acids is 1. The van der Waals surface area contributed by atoms with E-state index in [1.807, 2.05) is 26.0 Å². The van der Waals surface area contributed by atoms with E-state index in [2.05, 4.69) is 29.4 Å². The van der Waals surface area contributed by atoms with Crippen LogP contribution in [0.3, 0.4) is 0 Å². The molecule has 0 saturated heterocycles. The van der Waals surface area contributed by atoms with Crippen LogP contribution in [0, 0.1) is 13.8 Å². The zero-order valence-electron chi connectivity index (χ0n) is 12.6. The molecule has 1 heterocycles. The molecule has 0 bridgehead atoms. The van der Waals surface area contributed by atoms with Gasteiger partial charge < -0.3 is 11.1 Å². The number of nitrogens with one attached hydrogen (secondary N) is 1. The zero-order chi connectivity index (χ0) is 15.4. The van der Waals surface area contributed by atoms with Crippen molar-refractivity contribution in [3.05, 3.63) is 34.7 Å². The summed E-state index contributed by atoms with van der Waals surface area (Å²) in [6, 6.07) is 7.74. The molecule has 0 saturated carbocycles. The molecule has 3 N–H and O–H groups in total. The van der Waals surface area contributed by atoms with Crippen LogP contribution in [0.1, 0.15) is 30.2 Å². The van der Waals surface area contributed by atoms with Gasteiger partial charge in [0.15, 0.2) is 5.13 Å². The zero-order valence-corrected chi connectivity index (χ0v) is 13.5. The number of benzene rings is 1. The molecule has 0 aliphatic heterocycles. The molecule has 5 heteroatoms. The molecule has 0 aliphatic carbocycles. The van der Waals surface area contributed by atoms with Crippen molar-refractivity contribution in [1.29, 1.82) is 0 Å². The monoisotopic (exact) mass is 303 g/mol. The summed E-state index contributed by atoms with van der Waals surface area (Å²) in [5.41, 5.74) is 9.01. The third kappa shape index (κ3) is 3.89. The molecular weight excluding hydrogens is 282 g/mol. The second kappa shape index (κ2) is 6.83. The van der Waals surface area contributed by atoms with Crippen molar-refractivity contribution in [2.45, 2.75) is 39.7 Å². The van der Waals surface area contributed by atoms with Gasteiger partial charge in [0, 0.05) is 10.4 Å². The number of amides is 1. The number of hydrogen-bond acceptors (Lipinski definition) is 4. The van der Waals surface area contributed by atoms with Crippen LogP contribution >= 0.6 is 11.3 Å². The predicted molar refractivity (Wildman–Crippen MR) is 88.5 cm³/mol. The summed E-state index contributed by atoms with van der Waals surface area (Å²) in [6.07, 6.45) is 1.57. The number of anilines is 1. The van der Waals surface area contributed by atoms with Crippen molar-refractivity contribution in [2.75, 3.05) is 5.32 Å². The van der Waals surface area contributed by atoms with Gasteiger partial charge in [-0.05, 0) is 20.3 Å². The largest absolute Gasteiger partial charge is 0.320 e. The van der Waals surface area contributed by atoms with Gasteiger partial charge in [0.05, 0.1) is 11.7 Å². The van der Waals surface area contributed by atoms with E-state index in [1.54, 1.807) is 0 Å². The Hall–Kier alpha value is -1.72. The molecular formula is C16H21N3OS. The van der Waals surface area contributed by atoms with Crippen molar-refractivity contribution < 1.29 is 4.79 Å². The van der Waals surface area contributed by atoms with Gasteiger partial charge in [-0.25, -0.2) is 4.98 Å². The van der Waals surface area contributed by atoms with Gasteiger partial charge >= 0.3 is 0 Å². The molecule has 1 unspecified atom stereocenters. The van der Waals surface area contributed by atoms with Crippen LogP contribution in [0.15, 0.2) is 24.3 Å². The van der Waals surface area contributed by atoms with Crippen LogP contribution in [0.25, 0.3) is 11.3 Å². The fourth-order valence-corrected chi connectivity index (χ4v) is 2.91. The van der Waals surface area contributed by atoms with Crippen molar-refractivity contribution in [1.82, 2.24) is 4.98 Å². The Morgan fingerprint density at radius 1 is 1.33 bits per heavy atom. The van der Waals surface area contributed by atoms with Crippen LogP contribution in [0.5, 0.6) is 0 Å². The maximum Gasteiger partial charge on any atom is 0.243 e. The number of thiazole rings is 1. The number of carbonyl (C=O) groups is 1. The number of hydrogen-bond donors (Lipinski definition) is 2. The summed E-state index contributed by atoms with van der Waals surface area (Å²) in [5, 5.41) is 3.42. The Morgan fingerprint density at radius 2 is 2.00 bits per heavy atom. The fraction of sp³-hybridized carbons (Fsp3) is 0.375. The predicted octanol–water partition coefficient (Wildman–Crippen LogP) is 3.49. The van der Waals surface area contributed by atoms with E-state index in [0.717, 1.165) is 22.6 Å². The SMILES string of the molecule is CCCC(N)C(=O)Nc1nc(-c2ccc(C)cc2)c(C)s1. The summed E-state index contributed by atoms with van der Waals surface area (Å²) >= 11 is 1.48. The summed E-state index contributed by atoms with van der Waals surface area (Å²) in [7, 11) is 0. The smallest absolute Gasteiger partial charge is 0.243 e. The highest BCUT2D eigenvalue weighted by Gasteiger charge is 2.16. The molecule has 1 aromatic heterocycles. The minimum absolute atomic E-state index is 0.166. The molecule has 21 heavy (non-hydrogen) atoms. The van der Waals surface area contributed by atoms with Crippen molar-refractivity contribution >= 4 is 22.4 Å². The fourth-order valence-electron chi connectivity index (χ4n) is 2.07. The molecule has 1 atom stereocenters. The van der Waals surface area contributed by atoms with Gasteiger partial charge in [-0.15, -0.1) is 11.3 Å². The van der Waals surface area contributed by atoms with Gasteiger partial charge in [-0.2, -0.15) is 0 Å². The topological polar surface area (TPSA) is 68.0 Å². The molecule has 0 fully saturated rings. The third-order valence-electron chi connectivity index (χ3n) is 3.29. The lowest BCUT2D eigenvalue weighted by Crippen LogP contribution is -2.35. The first-order valence-corrected chi connectivity index (χ1v) is 7.93. The minimum atomic E-state index is -0.470. The average molecular weight is 303 g/mol. The van der Waals surface area contributed by atoms with E-state index >= 15 is 0 Å². The van der Waals surface area contributed by atoms with Crippen molar-refractivity contribution in [2.24, 2.45) is 5.73 Å². The maximum atomic E-state index is 11.9. The molecule has 2 rings (SSSR count). The number of nitrogens with zero attached hydrogens (tertiary/aromatic N) is 1. The second-order valence-electron chi connectivity index (χ2n) is 5.17. The van der Waals surface area contributed by atoms with Crippen LogP contribution in [0.2, 0.25) is 0 Å². The van der Waals surface area contributed by atoms with E-state index in [0.29, 0.717) is 11.6 Å². The third-order valence-corrected chi connectivity index (χ3v) is 4.17. The Kier molecular flexibility index (Phi) is 5.09. The minimum Gasteiger partial charge on any atom is -0.320 e. The molecule has 0 radical (unpaired) electrons. The molecule has 4 nitrogen and oxygen atoms in total. The van der Waals surface area contributed by atoms with Gasteiger partial charge in [0.2, 0.25) is 5.91 Å². The van der Waals surface area contributed by atoms with Crippen LogP contribution < -0.4 is 11.1 Å². The highest BCUT2D eigenvalue weighted by Crippen LogP contribution is 2.30. The molecule has 1 amide bonds. The summed E-state index contributed by atoms with van der Waals surface area (Å²) in [4.78, 5) is 17.5. The van der Waals surface area contributed by atoms with Gasteiger partial charge in [-0.3, -0.25) is 4.79 Å². The second-order valence-corrected chi connectivity index (χ2v) is 6.38. The molecule has 0 aliphatic rings. The summed E-state index contributed by atoms with van der Waals surface area (Å²) in [6.45, 7) is 6.07. The van der Waals surface area contributed by atoms with Crippen LogP contribution in [0.4, 0.5) is 5.13 Å². The molecule has 2 aromatic rings. The van der Waals surface area contributed by atoms with E-state index in [-0.39, 0.29) is 5.91 Å². The molecule has 1 aromatic carbocycles. The Balaban J connectivity index is 2.16. The highest BCUT2D eigenvalue weighted by molar-refractivity contribution is 7.16. The van der Waals surface area contributed by atoms with E-state index in [4.69, 9.17) is 5.73 Å². The normalized spacial score (nSPS) is 12.2. The average Bonchev–Trinajstić information content (AvgIpc) is 2.80. The van der Waals surface area contributed by atoms with Crippen LogP contribution in [-0.4, -0.2) is 16.9 Å².